The molecule has 0 aromatic carbocycles. The summed E-state index contributed by atoms with van der Waals surface area (Å²) >= 11 is 0. The summed E-state index contributed by atoms with van der Waals surface area (Å²) in [5.74, 6) is -1.78. The molecule has 1 atom stereocenters. The minimum atomic E-state index is -5.08. The second-order valence-corrected chi connectivity index (χ2v) is 9.65. The molecule has 256 valence electrons. The fraction of sp³-hybridized carbons (Fsp3) is 0.583. The van der Waals surface area contributed by atoms with Crippen molar-refractivity contribution in [1.29, 1.82) is 0 Å². The van der Waals surface area contributed by atoms with Gasteiger partial charge in [-0.05, 0) is 13.0 Å². The van der Waals surface area contributed by atoms with E-state index in [-0.39, 0.29) is 42.8 Å². The zero-order valence-electron chi connectivity index (χ0n) is 23.9. The molecule has 0 radical (unpaired) electrons. The Balaban J connectivity index is 0.000000738. The lowest BCUT2D eigenvalue weighted by atomic mass is 10.2. The van der Waals surface area contributed by atoms with Gasteiger partial charge in [-0.15, -0.1) is 0 Å². The van der Waals surface area contributed by atoms with Crippen LogP contribution in [0.25, 0.3) is 11.0 Å². The first-order chi connectivity index (χ1) is 21.4. The first kappa shape index (κ1) is 36.4. The van der Waals surface area contributed by atoms with Crippen molar-refractivity contribution >= 4 is 34.6 Å². The SMILES string of the molecule is C[C@@H]1CN(c2nc(Nc3ccncn3)c3c(n2)c(COCCC(F)(F)F)nn3CCOCC(F)(F)F)CCN1.O=C(O)C(F)(F)F. The van der Waals surface area contributed by atoms with Crippen LogP contribution in [0, 0.1) is 0 Å². The van der Waals surface area contributed by atoms with Crippen molar-refractivity contribution in [1.82, 2.24) is 35.0 Å². The molecule has 1 saturated heterocycles. The molecule has 0 saturated carbocycles. The number of alkyl halides is 9. The summed E-state index contributed by atoms with van der Waals surface area (Å²) in [6.45, 7) is 1.10. The summed E-state index contributed by atoms with van der Waals surface area (Å²) < 4.78 is 119. The van der Waals surface area contributed by atoms with E-state index in [4.69, 9.17) is 19.4 Å². The Hall–Kier alpha value is -4.05. The maximum absolute atomic E-state index is 12.6. The molecule has 0 spiro atoms. The van der Waals surface area contributed by atoms with Gasteiger partial charge in [-0.2, -0.15) is 49.6 Å². The number of piperazine rings is 1. The van der Waals surface area contributed by atoms with Crippen LogP contribution in [-0.2, 0) is 27.4 Å². The van der Waals surface area contributed by atoms with Crippen molar-refractivity contribution in [3.05, 3.63) is 24.3 Å². The molecular formula is C24H28F9N9O4. The third-order valence-corrected chi connectivity index (χ3v) is 5.85. The molecule has 1 fully saturated rings. The molecule has 0 aliphatic carbocycles. The summed E-state index contributed by atoms with van der Waals surface area (Å²) in [6.07, 6.45) is -12.3. The van der Waals surface area contributed by atoms with E-state index in [2.05, 4.69) is 35.7 Å². The lowest BCUT2D eigenvalue weighted by Gasteiger charge is -2.32. The second kappa shape index (κ2) is 15.5. The number of hydrogen-bond acceptors (Lipinski definition) is 11. The molecule has 1 aliphatic heterocycles. The highest BCUT2D eigenvalue weighted by Crippen LogP contribution is 2.29. The molecule has 3 N–H and O–H groups in total. The van der Waals surface area contributed by atoms with Crippen LogP contribution in [0.4, 0.5) is 57.1 Å². The average Bonchev–Trinajstić information content (AvgIpc) is 3.30. The van der Waals surface area contributed by atoms with Crippen molar-refractivity contribution < 1.29 is 58.9 Å². The van der Waals surface area contributed by atoms with Crippen molar-refractivity contribution in [2.75, 3.05) is 49.7 Å². The van der Waals surface area contributed by atoms with Crippen LogP contribution < -0.4 is 15.5 Å². The van der Waals surface area contributed by atoms with Crippen LogP contribution in [-0.4, -0.2) is 105 Å². The number of carboxylic acids is 1. The third kappa shape index (κ3) is 11.7. The first-order valence-electron chi connectivity index (χ1n) is 13.3. The van der Waals surface area contributed by atoms with Crippen molar-refractivity contribution in [3.8, 4) is 0 Å². The number of fused-ring (bicyclic) bond motifs is 1. The van der Waals surface area contributed by atoms with Crippen LogP contribution in [0.2, 0.25) is 0 Å². The first-order valence-corrected chi connectivity index (χ1v) is 13.3. The Morgan fingerprint density at radius 3 is 2.39 bits per heavy atom. The quantitative estimate of drug-likeness (QED) is 0.200. The van der Waals surface area contributed by atoms with Crippen LogP contribution in [0.15, 0.2) is 18.6 Å². The fourth-order valence-corrected chi connectivity index (χ4v) is 3.91. The predicted octanol–water partition coefficient (Wildman–Crippen LogP) is 3.84. The molecule has 1 aliphatic rings. The molecule has 0 unspecified atom stereocenters. The molecular weight excluding hydrogens is 649 g/mol. The molecule has 46 heavy (non-hydrogen) atoms. The number of anilines is 3. The minimum Gasteiger partial charge on any atom is -0.475 e. The zero-order valence-corrected chi connectivity index (χ0v) is 23.9. The van der Waals surface area contributed by atoms with Gasteiger partial charge < -0.3 is 30.1 Å². The summed E-state index contributed by atoms with van der Waals surface area (Å²) in [7, 11) is 0. The lowest BCUT2D eigenvalue weighted by molar-refractivity contribution is -0.192. The Kier molecular flexibility index (Phi) is 12.3. The number of carboxylic acid groups (broad SMARTS) is 1. The summed E-state index contributed by atoms with van der Waals surface area (Å²) in [5.41, 5.74) is 0.803. The van der Waals surface area contributed by atoms with Gasteiger partial charge in [0.25, 0.3) is 0 Å². The van der Waals surface area contributed by atoms with Gasteiger partial charge in [0.1, 0.15) is 35.5 Å². The molecule has 13 nitrogen and oxygen atoms in total. The average molecular weight is 678 g/mol. The fourth-order valence-electron chi connectivity index (χ4n) is 3.91. The van der Waals surface area contributed by atoms with Crippen LogP contribution in [0.3, 0.4) is 0 Å². The number of hydrogen-bond donors (Lipinski definition) is 3. The van der Waals surface area contributed by atoms with Gasteiger partial charge >= 0.3 is 24.5 Å². The van der Waals surface area contributed by atoms with Gasteiger partial charge in [0.05, 0.1) is 32.8 Å². The Labute approximate surface area is 254 Å². The van der Waals surface area contributed by atoms with Gasteiger partial charge in [-0.1, -0.05) is 0 Å². The monoisotopic (exact) mass is 677 g/mol. The maximum Gasteiger partial charge on any atom is 0.490 e. The second-order valence-electron chi connectivity index (χ2n) is 9.65. The standard InChI is InChI=1S/C22H27F6N9O2.C2HF3O2/c1-14-10-36(6-5-30-14)20-33-17-15(11-38-8-3-21(23,24)25)35-37(7-9-39-12-22(26,27)28)18(17)19(34-20)32-16-2-4-29-13-31-16;3-2(4,5)1(6)7/h2,4,13-14,30H,3,5-12H2,1H3,(H,29,31,32,33,34);(H,6,7)/t14-;/m1./s1. The summed E-state index contributed by atoms with van der Waals surface area (Å²) in [5, 5.41) is 17.9. The van der Waals surface area contributed by atoms with Crippen LogP contribution >= 0.6 is 0 Å². The number of aromatic nitrogens is 6. The van der Waals surface area contributed by atoms with E-state index >= 15 is 0 Å². The van der Waals surface area contributed by atoms with Gasteiger partial charge in [-0.25, -0.2) is 19.7 Å². The number of carbonyl (C=O) groups is 1. The van der Waals surface area contributed by atoms with E-state index < -0.39 is 44.1 Å². The van der Waals surface area contributed by atoms with E-state index in [0.29, 0.717) is 36.9 Å². The smallest absolute Gasteiger partial charge is 0.475 e. The van der Waals surface area contributed by atoms with Gasteiger partial charge in [0, 0.05) is 31.9 Å². The minimum absolute atomic E-state index is 0.110. The third-order valence-electron chi connectivity index (χ3n) is 5.85. The lowest BCUT2D eigenvalue weighted by Crippen LogP contribution is -2.49. The molecule has 3 aromatic heterocycles. The van der Waals surface area contributed by atoms with Crippen LogP contribution in [0.5, 0.6) is 0 Å². The van der Waals surface area contributed by atoms with E-state index in [0.717, 1.165) is 0 Å². The molecule has 4 heterocycles. The van der Waals surface area contributed by atoms with Gasteiger partial charge in [-0.3, -0.25) is 4.68 Å². The van der Waals surface area contributed by atoms with Crippen LogP contribution in [0.1, 0.15) is 19.0 Å². The van der Waals surface area contributed by atoms with Crippen molar-refractivity contribution in [3.63, 3.8) is 0 Å². The topological polar surface area (TPSA) is 152 Å². The van der Waals surface area contributed by atoms with E-state index in [1.165, 1.54) is 17.2 Å². The number of aliphatic carboxylic acids is 1. The number of rotatable bonds is 11. The summed E-state index contributed by atoms with van der Waals surface area (Å²) in [4.78, 5) is 28.2. The Morgan fingerprint density at radius 2 is 1.80 bits per heavy atom. The van der Waals surface area contributed by atoms with Gasteiger partial charge in [0.15, 0.2) is 5.82 Å². The Bertz CT molecular complexity index is 1420. The normalized spacial score (nSPS) is 15.9. The highest BCUT2D eigenvalue weighted by atomic mass is 19.4. The van der Waals surface area contributed by atoms with Crippen molar-refractivity contribution in [2.45, 2.75) is 51.1 Å². The highest BCUT2D eigenvalue weighted by molar-refractivity contribution is 5.90. The number of nitrogens with one attached hydrogen (secondary N) is 2. The Morgan fingerprint density at radius 1 is 1.09 bits per heavy atom. The molecule has 0 bridgehead atoms. The summed E-state index contributed by atoms with van der Waals surface area (Å²) in [6, 6.07) is 1.74. The van der Waals surface area contributed by atoms with Crippen molar-refractivity contribution in [2.24, 2.45) is 0 Å². The predicted molar refractivity (Wildman–Crippen MR) is 141 cm³/mol. The van der Waals surface area contributed by atoms with E-state index in [1.54, 1.807) is 6.07 Å². The number of halogens is 9. The largest absolute Gasteiger partial charge is 0.490 e. The van der Waals surface area contributed by atoms with E-state index in [1.807, 2.05) is 11.8 Å². The number of nitrogens with zero attached hydrogens (tertiary/aromatic N) is 7. The number of ether oxygens (including phenoxy) is 2. The van der Waals surface area contributed by atoms with Gasteiger partial charge in [0.2, 0.25) is 5.95 Å². The van der Waals surface area contributed by atoms with E-state index in [9.17, 15) is 39.5 Å². The molecule has 0 amide bonds. The zero-order chi connectivity index (χ0) is 34.1. The molecule has 4 rings (SSSR count). The maximum atomic E-state index is 12.6. The molecule has 3 aromatic rings. The highest BCUT2D eigenvalue weighted by Gasteiger charge is 2.38. The molecule has 22 heteroatoms.